The molecule has 0 radical (unpaired) electrons. The van der Waals surface area contributed by atoms with Crippen LogP contribution in [0, 0.1) is 6.92 Å². The summed E-state index contributed by atoms with van der Waals surface area (Å²) in [5.74, 6) is 1.68. The summed E-state index contributed by atoms with van der Waals surface area (Å²) in [6.07, 6.45) is 1.99. The molecule has 0 aliphatic rings. The number of rotatable bonds is 3. The summed E-state index contributed by atoms with van der Waals surface area (Å²) in [6.45, 7) is 4.13. The lowest BCUT2D eigenvalue weighted by atomic mass is 10.1. The van der Waals surface area contributed by atoms with Gasteiger partial charge in [-0.25, -0.2) is 4.98 Å². The van der Waals surface area contributed by atoms with E-state index in [1.807, 2.05) is 25.1 Å². The highest BCUT2D eigenvalue weighted by Gasteiger charge is 2.08. The van der Waals surface area contributed by atoms with Crippen LogP contribution in [-0.4, -0.2) is 15.2 Å². The van der Waals surface area contributed by atoms with E-state index in [9.17, 15) is 0 Å². The molecule has 1 aromatic carbocycles. The Morgan fingerprint density at radius 3 is 2.88 bits per heavy atom. The van der Waals surface area contributed by atoms with Crippen molar-refractivity contribution in [1.29, 1.82) is 0 Å². The molecule has 84 valence electrons. The van der Waals surface area contributed by atoms with E-state index >= 15 is 0 Å². The first kappa shape index (κ1) is 11.1. The van der Waals surface area contributed by atoms with Gasteiger partial charge in [-0.05, 0) is 37.1 Å². The topological polar surface area (TPSA) is 41.6 Å². The van der Waals surface area contributed by atoms with Crippen molar-refractivity contribution >= 4 is 11.6 Å². The van der Waals surface area contributed by atoms with Gasteiger partial charge in [0.1, 0.15) is 5.82 Å². The minimum Gasteiger partial charge on any atom is -0.263 e. The van der Waals surface area contributed by atoms with Gasteiger partial charge in [0.15, 0.2) is 5.82 Å². The standard InChI is InChI=1S/C12H14ClN3/c1-3-4-11-14-12(16-15-11)10-6-5-9(13)7-8(10)2/h5-7H,3-4H2,1-2H3,(H,14,15,16). The van der Waals surface area contributed by atoms with Crippen molar-refractivity contribution in [2.24, 2.45) is 0 Å². The van der Waals surface area contributed by atoms with Crippen LogP contribution in [0.5, 0.6) is 0 Å². The van der Waals surface area contributed by atoms with E-state index < -0.39 is 0 Å². The van der Waals surface area contributed by atoms with E-state index in [2.05, 4.69) is 22.1 Å². The van der Waals surface area contributed by atoms with Gasteiger partial charge in [-0.3, -0.25) is 5.10 Å². The molecule has 0 saturated carbocycles. The predicted molar refractivity (Wildman–Crippen MR) is 65.6 cm³/mol. The average Bonchev–Trinajstić information content (AvgIpc) is 2.67. The van der Waals surface area contributed by atoms with E-state index in [1.165, 1.54) is 0 Å². The van der Waals surface area contributed by atoms with Crippen LogP contribution in [0.2, 0.25) is 5.02 Å². The first-order valence-corrected chi connectivity index (χ1v) is 5.76. The Kier molecular flexibility index (Phi) is 3.25. The molecule has 0 aliphatic heterocycles. The van der Waals surface area contributed by atoms with Gasteiger partial charge in [0, 0.05) is 17.0 Å². The number of hydrogen-bond acceptors (Lipinski definition) is 2. The number of halogens is 1. The molecule has 2 rings (SSSR count). The van der Waals surface area contributed by atoms with Crippen molar-refractivity contribution in [2.75, 3.05) is 0 Å². The van der Waals surface area contributed by atoms with Crippen LogP contribution < -0.4 is 0 Å². The Labute approximate surface area is 99.9 Å². The zero-order chi connectivity index (χ0) is 11.5. The second-order valence-corrected chi connectivity index (χ2v) is 4.25. The number of H-pyrrole nitrogens is 1. The molecule has 2 aromatic rings. The van der Waals surface area contributed by atoms with Crippen LogP contribution in [-0.2, 0) is 6.42 Å². The number of aromatic nitrogens is 3. The highest BCUT2D eigenvalue weighted by atomic mass is 35.5. The fourth-order valence-electron chi connectivity index (χ4n) is 1.64. The molecule has 1 heterocycles. The third-order valence-electron chi connectivity index (χ3n) is 2.45. The number of nitrogens with one attached hydrogen (secondary N) is 1. The van der Waals surface area contributed by atoms with Crippen molar-refractivity contribution < 1.29 is 0 Å². The fourth-order valence-corrected chi connectivity index (χ4v) is 1.87. The van der Waals surface area contributed by atoms with Gasteiger partial charge < -0.3 is 0 Å². The van der Waals surface area contributed by atoms with Crippen LogP contribution in [0.15, 0.2) is 18.2 Å². The minimum atomic E-state index is 0.741. The first-order chi connectivity index (χ1) is 7.70. The Bertz CT molecular complexity index is 491. The minimum absolute atomic E-state index is 0.741. The number of aromatic amines is 1. The maximum atomic E-state index is 5.91. The molecule has 0 aliphatic carbocycles. The lowest BCUT2D eigenvalue weighted by Crippen LogP contribution is -1.87. The van der Waals surface area contributed by atoms with Crippen LogP contribution >= 0.6 is 11.6 Å². The molecule has 0 fully saturated rings. The first-order valence-electron chi connectivity index (χ1n) is 5.38. The molecule has 0 bridgehead atoms. The van der Waals surface area contributed by atoms with Crippen molar-refractivity contribution in [3.8, 4) is 11.4 Å². The highest BCUT2D eigenvalue weighted by molar-refractivity contribution is 6.30. The van der Waals surface area contributed by atoms with Gasteiger partial charge in [-0.1, -0.05) is 18.5 Å². The smallest absolute Gasteiger partial charge is 0.181 e. The van der Waals surface area contributed by atoms with E-state index in [0.29, 0.717) is 0 Å². The lowest BCUT2D eigenvalue weighted by Gasteiger charge is -2.00. The van der Waals surface area contributed by atoms with Crippen molar-refractivity contribution in [2.45, 2.75) is 26.7 Å². The van der Waals surface area contributed by atoms with Crippen LogP contribution in [0.3, 0.4) is 0 Å². The third kappa shape index (κ3) is 2.25. The van der Waals surface area contributed by atoms with E-state index in [-0.39, 0.29) is 0 Å². The molecule has 0 amide bonds. The molecule has 4 heteroatoms. The van der Waals surface area contributed by atoms with E-state index in [4.69, 9.17) is 11.6 Å². The Balaban J connectivity index is 2.35. The molecular weight excluding hydrogens is 222 g/mol. The van der Waals surface area contributed by atoms with E-state index in [0.717, 1.165) is 40.6 Å². The number of aryl methyl sites for hydroxylation is 2. The summed E-state index contributed by atoms with van der Waals surface area (Å²) in [5.41, 5.74) is 2.12. The molecule has 3 nitrogen and oxygen atoms in total. The number of benzene rings is 1. The SMILES string of the molecule is CCCc1nc(-c2ccc(Cl)cc2C)n[nH]1. The summed E-state index contributed by atoms with van der Waals surface area (Å²) in [5, 5.41) is 7.91. The monoisotopic (exact) mass is 235 g/mol. The quantitative estimate of drug-likeness (QED) is 0.886. The molecule has 1 N–H and O–H groups in total. The molecule has 1 aromatic heterocycles. The van der Waals surface area contributed by atoms with Crippen LogP contribution in [0.4, 0.5) is 0 Å². The van der Waals surface area contributed by atoms with Gasteiger partial charge >= 0.3 is 0 Å². The molecule has 0 unspecified atom stereocenters. The van der Waals surface area contributed by atoms with Crippen molar-refractivity contribution in [3.05, 3.63) is 34.6 Å². The molecule has 0 saturated heterocycles. The van der Waals surface area contributed by atoms with Gasteiger partial charge in [0.05, 0.1) is 0 Å². The van der Waals surface area contributed by atoms with Crippen LogP contribution in [0.1, 0.15) is 24.7 Å². The largest absolute Gasteiger partial charge is 0.263 e. The third-order valence-corrected chi connectivity index (χ3v) is 2.68. The Morgan fingerprint density at radius 2 is 2.19 bits per heavy atom. The Hall–Kier alpha value is -1.35. The number of hydrogen-bond donors (Lipinski definition) is 1. The van der Waals surface area contributed by atoms with Gasteiger partial charge in [0.2, 0.25) is 0 Å². The molecular formula is C12H14ClN3. The zero-order valence-corrected chi connectivity index (χ0v) is 10.2. The van der Waals surface area contributed by atoms with Crippen molar-refractivity contribution in [3.63, 3.8) is 0 Å². The average molecular weight is 236 g/mol. The summed E-state index contributed by atoms with van der Waals surface area (Å²) in [7, 11) is 0. The fraction of sp³-hybridized carbons (Fsp3) is 0.333. The maximum absolute atomic E-state index is 5.91. The van der Waals surface area contributed by atoms with Crippen molar-refractivity contribution in [1.82, 2.24) is 15.2 Å². The normalized spacial score (nSPS) is 10.7. The predicted octanol–water partition coefficient (Wildman–Crippen LogP) is 3.39. The lowest BCUT2D eigenvalue weighted by molar-refractivity contribution is 0.841. The second-order valence-electron chi connectivity index (χ2n) is 3.81. The van der Waals surface area contributed by atoms with Gasteiger partial charge in [-0.15, -0.1) is 0 Å². The summed E-state index contributed by atoms with van der Waals surface area (Å²) >= 11 is 5.91. The molecule has 0 spiro atoms. The highest BCUT2D eigenvalue weighted by Crippen LogP contribution is 2.23. The molecule has 0 atom stereocenters. The number of nitrogens with zero attached hydrogens (tertiary/aromatic N) is 2. The summed E-state index contributed by atoms with van der Waals surface area (Å²) in [4.78, 5) is 4.45. The van der Waals surface area contributed by atoms with E-state index in [1.54, 1.807) is 0 Å². The van der Waals surface area contributed by atoms with Gasteiger partial charge in [0.25, 0.3) is 0 Å². The maximum Gasteiger partial charge on any atom is 0.181 e. The second kappa shape index (κ2) is 4.66. The van der Waals surface area contributed by atoms with Crippen LogP contribution in [0.25, 0.3) is 11.4 Å². The Morgan fingerprint density at radius 1 is 1.38 bits per heavy atom. The summed E-state index contributed by atoms with van der Waals surface area (Å²) < 4.78 is 0. The summed E-state index contributed by atoms with van der Waals surface area (Å²) in [6, 6.07) is 5.74. The zero-order valence-electron chi connectivity index (χ0n) is 9.42. The molecule has 16 heavy (non-hydrogen) atoms. The van der Waals surface area contributed by atoms with Gasteiger partial charge in [-0.2, -0.15) is 5.10 Å².